The van der Waals surface area contributed by atoms with E-state index in [-0.39, 0.29) is 12.5 Å². The molecule has 2 amide bonds. The number of rotatable bonds is 3. The Hall–Kier alpha value is -3.68. The maximum absolute atomic E-state index is 13.6. The van der Waals surface area contributed by atoms with Gasteiger partial charge in [0, 0.05) is 45.0 Å². The topological polar surface area (TPSA) is 105 Å². The molecule has 1 atom stereocenters. The van der Waals surface area contributed by atoms with E-state index in [0.717, 1.165) is 27.5 Å². The molecule has 4 aromatic rings. The van der Waals surface area contributed by atoms with Crippen LogP contribution < -0.4 is 5.73 Å². The van der Waals surface area contributed by atoms with Crippen molar-refractivity contribution in [1.82, 2.24) is 15.0 Å². The SMILES string of the molecule is Cc1noc(C)c1-c1cc(C(N)=O)c2c(c1)[nH]c1ccc(C(=O)N3CC[C@H](F)C3)cc12. The van der Waals surface area contributed by atoms with Crippen LogP contribution in [-0.2, 0) is 0 Å². The maximum Gasteiger partial charge on any atom is 0.253 e. The number of nitrogens with zero attached hydrogens (tertiary/aromatic N) is 2. The fourth-order valence-electron chi connectivity index (χ4n) is 4.49. The minimum atomic E-state index is -0.982. The third kappa shape index (κ3) is 3.06. The molecule has 1 aliphatic rings. The number of carbonyl (C=O) groups excluding carboxylic acids is 2. The van der Waals surface area contributed by atoms with E-state index >= 15 is 0 Å². The number of fused-ring (bicyclic) bond motifs is 3. The van der Waals surface area contributed by atoms with Crippen LogP contribution in [0.15, 0.2) is 34.9 Å². The lowest BCUT2D eigenvalue weighted by atomic mass is 9.97. The lowest BCUT2D eigenvalue weighted by Crippen LogP contribution is -2.28. The zero-order valence-corrected chi connectivity index (χ0v) is 17.2. The Morgan fingerprint density at radius 3 is 2.68 bits per heavy atom. The van der Waals surface area contributed by atoms with Gasteiger partial charge in [-0.15, -0.1) is 0 Å². The van der Waals surface area contributed by atoms with Gasteiger partial charge in [-0.2, -0.15) is 0 Å². The van der Waals surface area contributed by atoms with Crippen molar-refractivity contribution in [2.24, 2.45) is 5.73 Å². The van der Waals surface area contributed by atoms with Crippen LogP contribution in [0.3, 0.4) is 0 Å². The first-order chi connectivity index (χ1) is 14.8. The molecule has 1 fully saturated rings. The van der Waals surface area contributed by atoms with Gasteiger partial charge in [0.05, 0.1) is 12.2 Å². The molecule has 2 aromatic heterocycles. The van der Waals surface area contributed by atoms with E-state index in [1.165, 1.54) is 4.90 Å². The molecule has 8 heteroatoms. The van der Waals surface area contributed by atoms with Crippen LogP contribution in [0.5, 0.6) is 0 Å². The summed E-state index contributed by atoms with van der Waals surface area (Å²) in [5, 5.41) is 5.36. The predicted molar refractivity (Wildman–Crippen MR) is 115 cm³/mol. The molecule has 0 bridgehead atoms. The fourth-order valence-corrected chi connectivity index (χ4v) is 4.49. The zero-order chi connectivity index (χ0) is 21.9. The van der Waals surface area contributed by atoms with E-state index in [2.05, 4.69) is 10.1 Å². The largest absolute Gasteiger partial charge is 0.366 e. The lowest BCUT2D eigenvalue weighted by molar-refractivity contribution is 0.0783. The van der Waals surface area contributed by atoms with Gasteiger partial charge in [0.25, 0.3) is 5.91 Å². The second-order valence-corrected chi connectivity index (χ2v) is 8.03. The number of halogens is 1. The normalized spacial score (nSPS) is 16.5. The summed E-state index contributed by atoms with van der Waals surface area (Å²) in [6.45, 7) is 4.16. The first kappa shape index (κ1) is 19.3. The Balaban J connectivity index is 1.70. The first-order valence-corrected chi connectivity index (χ1v) is 10.1. The van der Waals surface area contributed by atoms with E-state index in [4.69, 9.17) is 10.3 Å². The molecule has 0 aliphatic carbocycles. The van der Waals surface area contributed by atoms with Crippen molar-refractivity contribution < 1.29 is 18.5 Å². The number of amides is 2. The Kier molecular flexibility index (Phi) is 4.32. The molecule has 31 heavy (non-hydrogen) atoms. The number of carbonyl (C=O) groups is 2. The van der Waals surface area contributed by atoms with Crippen LogP contribution in [0.4, 0.5) is 4.39 Å². The van der Waals surface area contributed by atoms with Crippen LogP contribution in [0.25, 0.3) is 32.9 Å². The predicted octanol–water partition coefficient (Wildman–Crippen LogP) is 3.88. The molecule has 0 radical (unpaired) electrons. The van der Waals surface area contributed by atoms with Crippen molar-refractivity contribution in [1.29, 1.82) is 0 Å². The smallest absolute Gasteiger partial charge is 0.253 e. The number of aromatic nitrogens is 2. The van der Waals surface area contributed by atoms with Crippen molar-refractivity contribution in [3.8, 4) is 11.1 Å². The van der Waals surface area contributed by atoms with Gasteiger partial charge < -0.3 is 20.1 Å². The number of primary amides is 1. The van der Waals surface area contributed by atoms with E-state index in [0.29, 0.717) is 40.9 Å². The van der Waals surface area contributed by atoms with Crippen LogP contribution in [0, 0.1) is 13.8 Å². The summed E-state index contributed by atoms with van der Waals surface area (Å²) in [6.07, 6.45) is -0.623. The Labute approximate surface area is 177 Å². The lowest BCUT2D eigenvalue weighted by Gasteiger charge is -2.15. The van der Waals surface area contributed by atoms with Gasteiger partial charge in [0.15, 0.2) is 0 Å². The zero-order valence-electron chi connectivity index (χ0n) is 17.2. The summed E-state index contributed by atoms with van der Waals surface area (Å²) in [4.78, 5) is 30.0. The van der Waals surface area contributed by atoms with Crippen LogP contribution in [-0.4, -0.2) is 46.1 Å². The molecule has 7 nitrogen and oxygen atoms in total. The summed E-state index contributed by atoms with van der Waals surface area (Å²) < 4.78 is 18.8. The summed E-state index contributed by atoms with van der Waals surface area (Å²) in [5.41, 5.74) is 10.3. The molecule has 0 spiro atoms. The quantitative estimate of drug-likeness (QED) is 0.525. The third-order valence-electron chi connectivity index (χ3n) is 5.95. The third-order valence-corrected chi connectivity index (χ3v) is 5.95. The van der Waals surface area contributed by atoms with Gasteiger partial charge in [-0.1, -0.05) is 5.16 Å². The number of H-pyrrole nitrogens is 1. The highest BCUT2D eigenvalue weighted by Crippen LogP contribution is 2.35. The van der Waals surface area contributed by atoms with Crippen molar-refractivity contribution in [3.05, 3.63) is 52.9 Å². The summed E-state index contributed by atoms with van der Waals surface area (Å²) in [7, 11) is 0. The van der Waals surface area contributed by atoms with Gasteiger partial charge in [-0.25, -0.2) is 4.39 Å². The number of hydrogen-bond acceptors (Lipinski definition) is 4. The van der Waals surface area contributed by atoms with Gasteiger partial charge in [0.2, 0.25) is 5.91 Å². The first-order valence-electron chi connectivity index (χ1n) is 10.1. The standard InChI is InChI=1S/C23H21FN4O3/c1-11-20(12(2)31-27-11)14-8-17(22(25)29)21-16-7-13(3-4-18(16)26-19(21)9-14)23(30)28-6-5-15(24)10-28/h3-4,7-9,15,26H,5-6,10H2,1-2H3,(H2,25,29)/t15-/m0/s1. The molecule has 158 valence electrons. The fraction of sp³-hybridized carbons (Fsp3) is 0.261. The molecule has 5 rings (SSSR count). The number of likely N-dealkylation sites (tertiary alicyclic amines) is 1. The Morgan fingerprint density at radius 1 is 1.23 bits per heavy atom. The average Bonchev–Trinajstić information content (AvgIpc) is 3.42. The number of nitrogens with two attached hydrogens (primary N) is 1. The van der Waals surface area contributed by atoms with Gasteiger partial charge in [-0.3, -0.25) is 9.59 Å². The van der Waals surface area contributed by atoms with Crippen molar-refractivity contribution >= 4 is 33.6 Å². The Bertz CT molecular complexity index is 1350. The highest BCUT2D eigenvalue weighted by molar-refractivity contribution is 6.19. The summed E-state index contributed by atoms with van der Waals surface area (Å²) >= 11 is 0. The number of hydrogen-bond donors (Lipinski definition) is 2. The van der Waals surface area contributed by atoms with E-state index in [1.807, 2.05) is 19.9 Å². The molecule has 1 saturated heterocycles. The number of nitrogens with one attached hydrogen (secondary N) is 1. The van der Waals surface area contributed by atoms with Crippen molar-refractivity contribution in [2.75, 3.05) is 13.1 Å². The average molecular weight is 420 g/mol. The molecule has 0 unspecified atom stereocenters. The van der Waals surface area contributed by atoms with Crippen molar-refractivity contribution in [2.45, 2.75) is 26.4 Å². The monoisotopic (exact) mass is 420 g/mol. The van der Waals surface area contributed by atoms with Gasteiger partial charge >= 0.3 is 0 Å². The minimum Gasteiger partial charge on any atom is -0.366 e. The minimum absolute atomic E-state index is 0.109. The number of benzene rings is 2. The molecule has 2 aromatic carbocycles. The second-order valence-electron chi connectivity index (χ2n) is 8.03. The molecule has 3 N–H and O–H groups in total. The van der Waals surface area contributed by atoms with E-state index < -0.39 is 12.1 Å². The number of aryl methyl sites for hydroxylation is 2. The highest BCUT2D eigenvalue weighted by Gasteiger charge is 2.27. The van der Waals surface area contributed by atoms with Crippen LogP contribution >= 0.6 is 0 Å². The molecule has 3 heterocycles. The van der Waals surface area contributed by atoms with Crippen LogP contribution in [0.2, 0.25) is 0 Å². The Morgan fingerprint density at radius 2 is 2.03 bits per heavy atom. The van der Waals surface area contributed by atoms with E-state index in [1.54, 1.807) is 24.3 Å². The number of alkyl halides is 1. The van der Waals surface area contributed by atoms with E-state index in [9.17, 15) is 14.0 Å². The van der Waals surface area contributed by atoms with Crippen molar-refractivity contribution in [3.63, 3.8) is 0 Å². The second kappa shape index (κ2) is 6.94. The van der Waals surface area contributed by atoms with Gasteiger partial charge in [0.1, 0.15) is 11.9 Å². The molecule has 1 aliphatic heterocycles. The highest BCUT2D eigenvalue weighted by atomic mass is 19.1. The van der Waals surface area contributed by atoms with Gasteiger partial charge in [-0.05, 0) is 56.2 Å². The number of aromatic amines is 1. The molecular weight excluding hydrogens is 399 g/mol. The summed E-state index contributed by atoms with van der Waals surface area (Å²) in [5.74, 6) is -0.145. The van der Waals surface area contributed by atoms with Crippen LogP contribution in [0.1, 0.15) is 38.6 Å². The maximum atomic E-state index is 13.6. The molecule has 0 saturated carbocycles. The summed E-state index contributed by atoms with van der Waals surface area (Å²) in [6, 6.07) is 8.90. The molecular formula is C23H21FN4O3.